The van der Waals surface area contributed by atoms with Gasteiger partial charge in [0.25, 0.3) is 0 Å². The zero-order chi connectivity index (χ0) is 44.5. The highest BCUT2D eigenvalue weighted by molar-refractivity contribution is 6.14. The van der Waals surface area contributed by atoms with Gasteiger partial charge in [0.15, 0.2) is 0 Å². The third kappa shape index (κ3) is 7.12. The molecule has 2 aliphatic heterocycles. The Hall–Kier alpha value is -6.46. The number of aryl methyl sites for hydroxylation is 3. The van der Waals surface area contributed by atoms with Crippen molar-refractivity contribution in [1.82, 2.24) is 4.98 Å². The molecular formula is C58H60N4O. The smallest absolute Gasteiger partial charge is 0.137 e. The number of hydrogen-bond donors (Lipinski definition) is 0. The van der Waals surface area contributed by atoms with E-state index in [0.717, 1.165) is 45.7 Å². The van der Waals surface area contributed by atoms with Gasteiger partial charge in [0.05, 0.1) is 22.5 Å². The Bertz CT molecular complexity index is 2810. The normalized spacial score (nSPS) is 17.6. The molecule has 6 aromatic carbocycles. The van der Waals surface area contributed by atoms with Crippen LogP contribution in [0.15, 0.2) is 163 Å². The fourth-order valence-electron chi connectivity index (χ4n) is 10.3. The number of anilines is 4. The van der Waals surface area contributed by atoms with Crippen LogP contribution in [0.4, 0.5) is 22.9 Å². The molecule has 0 unspecified atom stereocenters. The summed E-state index contributed by atoms with van der Waals surface area (Å²) in [6, 6.07) is 54.6. The first-order valence-corrected chi connectivity index (χ1v) is 22.4. The summed E-state index contributed by atoms with van der Waals surface area (Å²) in [5.74, 6) is 3.33. The summed E-state index contributed by atoms with van der Waals surface area (Å²) >= 11 is 0. The van der Waals surface area contributed by atoms with Crippen LogP contribution in [0, 0.1) is 20.8 Å². The molecule has 3 heterocycles. The van der Waals surface area contributed by atoms with Crippen LogP contribution in [0.25, 0.3) is 0 Å². The van der Waals surface area contributed by atoms with Crippen LogP contribution in [0.1, 0.15) is 111 Å². The molecule has 0 saturated carbocycles. The molecule has 0 N–H and O–H groups in total. The molecule has 1 atom stereocenters. The Morgan fingerprint density at radius 1 is 0.587 bits per heavy atom. The molecule has 5 nitrogen and oxygen atoms in total. The number of para-hydroxylation sites is 2. The van der Waals surface area contributed by atoms with E-state index in [1.54, 1.807) is 0 Å². The van der Waals surface area contributed by atoms with Gasteiger partial charge in [-0.05, 0) is 134 Å². The van der Waals surface area contributed by atoms with Crippen molar-refractivity contribution in [3.63, 3.8) is 0 Å². The largest absolute Gasteiger partial charge is 0.457 e. The number of hydrogen-bond acceptors (Lipinski definition) is 5. The molecule has 7 aromatic rings. The van der Waals surface area contributed by atoms with Crippen molar-refractivity contribution < 1.29 is 4.74 Å². The summed E-state index contributed by atoms with van der Waals surface area (Å²) in [6.45, 7) is 25.1. The van der Waals surface area contributed by atoms with Gasteiger partial charge in [-0.25, -0.2) is 4.98 Å². The number of aromatic nitrogens is 1. The van der Waals surface area contributed by atoms with Crippen molar-refractivity contribution in [3.8, 4) is 11.5 Å². The van der Waals surface area contributed by atoms with Gasteiger partial charge in [-0.3, -0.25) is 9.89 Å². The number of rotatable bonds is 8. The minimum Gasteiger partial charge on any atom is -0.457 e. The quantitative estimate of drug-likeness (QED) is 0.153. The van der Waals surface area contributed by atoms with Crippen molar-refractivity contribution >= 4 is 28.7 Å². The van der Waals surface area contributed by atoms with E-state index in [9.17, 15) is 0 Å². The second-order valence-electron chi connectivity index (χ2n) is 19.9. The van der Waals surface area contributed by atoms with Crippen LogP contribution in [0.5, 0.6) is 11.5 Å². The fraction of sp³-hybridized carbons (Fsp3) is 0.276. The zero-order valence-corrected chi connectivity index (χ0v) is 38.8. The zero-order valence-electron chi connectivity index (χ0n) is 38.8. The Balaban J connectivity index is 1.18. The highest BCUT2D eigenvalue weighted by atomic mass is 16.5. The maximum absolute atomic E-state index is 7.00. The van der Waals surface area contributed by atoms with Crippen molar-refractivity contribution in [1.29, 1.82) is 0 Å². The van der Waals surface area contributed by atoms with Crippen LogP contribution in [0.2, 0.25) is 0 Å². The van der Waals surface area contributed by atoms with Crippen molar-refractivity contribution in [3.05, 3.63) is 208 Å². The number of nitrogens with zero attached hydrogens (tertiary/aromatic N) is 4. The maximum atomic E-state index is 7.00. The topological polar surface area (TPSA) is 41.0 Å². The number of ether oxygens (including phenoxy) is 1. The number of fused-ring (bicyclic) bond motifs is 2. The predicted molar refractivity (Wildman–Crippen MR) is 263 cm³/mol. The lowest BCUT2D eigenvalue weighted by atomic mass is 9.67. The molecule has 318 valence electrons. The van der Waals surface area contributed by atoms with Gasteiger partial charge in [0, 0.05) is 34.8 Å². The molecule has 0 aliphatic carbocycles. The van der Waals surface area contributed by atoms with Crippen LogP contribution in [0.3, 0.4) is 0 Å². The molecule has 5 heteroatoms. The van der Waals surface area contributed by atoms with E-state index in [4.69, 9.17) is 14.7 Å². The predicted octanol–water partition coefficient (Wildman–Crippen LogP) is 14.8. The van der Waals surface area contributed by atoms with Crippen LogP contribution < -0.4 is 14.5 Å². The highest BCUT2D eigenvalue weighted by Crippen LogP contribution is 2.55. The van der Waals surface area contributed by atoms with Gasteiger partial charge in [0.1, 0.15) is 23.2 Å². The third-order valence-electron chi connectivity index (χ3n) is 13.9. The molecular weight excluding hydrogens is 769 g/mol. The fourth-order valence-corrected chi connectivity index (χ4v) is 10.3. The van der Waals surface area contributed by atoms with Crippen molar-refractivity contribution in [2.45, 2.75) is 104 Å². The molecule has 63 heavy (non-hydrogen) atoms. The molecule has 1 aromatic heterocycles. The lowest BCUT2D eigenvalue weighted by Crippen LogP contribution is -2.57. The Labute approximate surface area is 375 Å². The minimum atomic E-state index is -0.589. The molecule has 0 fully saturated rings. The minimum absolute atomic E-state index is 0.0221. The number of aliphatic imine (C=N–C) groups is 1. The Morgan fingerprint density at radius 2 is 1.21 bits per heavy atom. The van der Waals surface area contributed by atoms with Gasteiger partial charge in [-0.1, -0.05) is 138 Å². The van der Waals surface area contributed by atoms with Gasteiger partial charge < -0.3 is 9.64 Å². The lowest BCUT2D eigenvalue weighted by Gasteiger charge is -2.48. The molecule has 0 amide bonds. The van der Waals surface area contributed by atoms with E-state index in [2.05, 4.69) is 238 Å². The van der Waals surface area contributed by atoms with Gasteiger partial charge in [-0.2, -0.15) is 0 Å². The Kier molecular flexibility index (Phi) is 10.2. The number of pyridine rings is 1. The van der Waals surface area contributed by atoms with Crippen molar-refractivity contribution in [2.24, 2.45) is 4.99 Å². The SMILES string of the molecule is Cc1cc(Oc2ccc3c(c2)N(c2cc(C(C)(C)C)ccn2)c2ccccc2C3(C)C)cc(C2=N[C@](C)(C(c3ccccc3)c3ccccc3)C(C)(C)N2c2c(C)cccc2C)c1. The summed E-state index contributed by atoms with van der Waals surface area (Å²) in [4.78, 5) is 15.8. The summed E-state index contributed by atoms with van der Waals surface area (Å²) < 4.78 is 7.00. The monoisotopic (exact) mass is 828 g/mol. The van der Waals surface area contributed by atoms with E-state index in [1.165, 1.54) is 44.6 Å². The highest BCUT2D eigenvalue weighted by Gasteiger charge is 2.57. The molecule has 0 spiro atoms. The number of amidine groups is 1. The summed E-state index contributed by atoms with van der Waals surface area (Å²) in [7, 11) is 0. The standard InChI is InChI=1S/C58H60N4O/c1-38-33-43(54-60-58(11,57(9,10)62(54)53-39(2)21-20-22-40(53)3)52(41-23-14-12-15-24-41)42-25-16-13-17-26-42)35-46(34-38)63-45-29-30-48-50(37-45)61(49-28-19-18-27-47(49)56(48,7)8)51-36-44(31-32-59-51)55(4,5)6/h12-37,52H,1-11H3/t58-/m1/s1. The van der Waals surface area contributed by atoms with Crippen LogP contribution >= 0.6 is 0 Å². The van der Waals surface area contributed by atoms with E-state index < -0.39 is 11.1 Å². The maximum Gasteiger partial charge on any atom is 0.137 e. The average Bonchev–Trinajstić information content (AvgIpc) is 3.45. The van der Waals surface area contributed by atoms with Crippen LogP contribution in [-0.4, -0.2) is 21.9 Å². The Morgan fingerprint density at radius 3 is 1.86 bits per heavy atom. The van der Waals surface area contributed by atoms with E-state index in [-0.39, 0.29) is 16.7 Å². The molecule has 9 rings (SSSR count). The van der Waals surface area contributed by atoms with Gasteiger partial charge >= 0.3 is 0 Å². The first kappa shape index (κ1) is 41.9. The molecule has 0 radical (unpaired) electrons. The first-order chi connectivity index (χ1) is 30.0. The van der Waals surface area contributed by atoms with E-state index >= 15 is 0 Å². The summed E-state index contributed by atoms with van der Waals surface area (Å²) in [5, 5.41) is 0. The molecule has 0 bridgehead atoms. The lowest BCUT2D eigenvalue weighted by molar-refractivity contribution is 0.279. The van der Waals surface area contributed by atoms with E-state index in [0.29, 0.717) is 0 Å². The van der Waals surface area contributed by atoms with Gasteiger partial charge in [0.2, 0.25) is 0 Å². The first-order valence-electron chi connectivity index (χ1n) is 22.4. The second-order valence-corrected chi connectivity index (χ2v) is 19.9. The molecule has 0 saturated heterocycles. The third-order valence-corrected chi connectivity index (χ3v) is 13.9. The van der Waals surface area contributed by atoms with Crippen molar-refractivity contribution in [2.75, 3.05) is 9.80 Å². The molecule has 2 aliphatic rings. The second kappa shape index (κ2) is 15.4. The van der Waals surface area contributed by atoms with Crippen LogP contribution in [-0.2, 0) is 10.8 Å². The summed E-state index contributed by atoms with van der Waals surface area (Å²) in [5.41, 5.74) is 12.8. The summed E-state index contributed by atoms with van der Waals surface area (Å²) in [6.07, 6.45) is 1.94. The number of benzene rings is 6. The van der Waals surface area contributed by atoms with Gasteiger partial charge in [-0.15, -0.1) is 0 Å². The average molecular weight is 829 g/mol. The van der Waals surface area contributed by atoms with E-state index in [1.807, 2.05) is 6.20 Å².